The molecular weight excluding hydrogens is 246 g/mol. The van der Waals surface area contributed by atoms with Crippen LogP contribution in [0.3, 0.4) is 0 Å². The fraction of sp³-hybridized carbons (Fsp3) is 0.615. The largest absolute Gasteiger partial charge is 0.480 e. The molecular formula is C13H21N3O3. The van der Waals surface area contributed by atoms with Crippen LogP contribution < -0.4 is 5.32 Å². The molecule has 0 spiro atoms. The predicted molar refractivity (Wildman–Crippen MR) is 71.0 cm³/mol. The zero-order valence-electron chi connectivity index (χ0n) is 12.0. The quantitative estimate of drug-likeness (QED) is 0.844. The lowest BCUT2D eigenvalue weighted by molar-refractivity contribution is -0.140. The lowest BCUT2D eigenvalue weighted by Gasteiger charge is -2.17. The molecule has 0 aromatic carbocycles. The summed E-state index contributed by atoms with van der Waals surface area (Å²) in [5, 5.41) is 15.8. The molecule has 1 atom stereocenters. The van der Waals surface area contributed by atoms with Gasteiger partial charge in [-0.25, -0.2) is 4.79 Å². The first-order valence-corrected chi connectivity index (χ1v) is 6.31. The van der Waals surface area contributed by atoms with Crippen LogP contribution in [0.2, 0.25) is 0 Å². The molecule has 2 N–H and O–H groups in total. The number of carboxylic acids is 1. The summed E-state index contributed by atoms with van der Waals surface area (Å²) >= 11 is 0. The van der Waals surface area contributed by atoms with Gasteiger partial charge in [0.1, 0.15) is 11.7 Å². The second-order valence-corrected chi connectivity index (χ2v) is 5.27. The van der Waals surface area contributed by atoms with Crippen LogP contribution in [0.5, 0.6) is 0 Å². The fourth-order valence-corrected chi connectivity index (χ4v) is 1.71. The summed E-state index contributed by atoms with van der Waals surface area (Å²) in [6, 6.07) is 0.795. The first-order valence-electron chi connectivity index (χ1n) is 6.31. The van der Waals surface area contributed by atoms with Gasteiger partial charge in [-0.3, -0.25) is 9.48 Å². The fourth-order valence-electron chi connectivity index (χ4n) is 1.71. The molecule has 1 amide bonds. The van der Waals surface area contributed by atoms with Crippen LogP contribution in [0.15, 0.2) is 6.07 Å². The van der Waals surface area contributed by atoms with E-state index < -0.39 is 17.9 Å². The van der Waals surface area contributed by atoms with E-state index in [0.717, 1.165) is 5.69 Å². The minimum atomic E-state index is -1.03. The van der Waals surface area contributed by atoms with Crippen molar-refractivity contribution in [3.05, 3.63) is 17.5 Å². The monoisotopic (exact) mass is 267 g/mol. The van der Waals surface area contributed by atoms with E-state index in [1.165, 1.54) is 4.68 Å². The number of aromatic nitrogens is 2. The number of nitrogens with zero attached hydrogens (tertiary/aromatic N) is 2. The van der Waals surface area contributed by atoms with E-state index in [0.29, 0.717) is 5.69 Å². The lowest BCUT2D eigenvalue weighted by atomic mass is 10.0. The summed E-state index contributed by atoms with van der Waals surface area (Å²) < 4.78 is 1.48. The Kier molecular flexibility index (Phi) is 4.69. The summed E-state index contributed by atoms with van der Waals surface area (Å²) in [4.78, 5) is 23.2. The van der Waals surface area contributed by atoms with Crippen molar-refractivity contribution in [2.75, 3.05) is 0 Å². The van der Waals surface area contributed by atoms with Gasteiger partial charge in [0.25, 0.3) is 5.91 Å². The molecule has 0 aliphatic rings. The van der Waals surface area contributed by atoms with E-state index in [2.05, 4.69) is 10.4 Å². The number of rotatable bonds is 5. The summed E-state index contributed by atoms with van der Waals surface area (Å²) in [5.74, 6) is -1.41. The van der Waals surface area contributed by atoms with Crippen molar-refractivity contribution in [3.63, 3.8) is 0 Å². The Morgan fingerprint density at radius 3 is 2.26 bits per heavy atom. The lowest BCUT2D eigenvalue weighted by Crippen LogP contribution is -2.44. The summed E-state index contributed by atoms with van der Waals surface area (Å²) in [7, 11) is 1.67. The Labute approximate surface area is 112 Å². The topological polar surface area (TPSA) is 84.2 Å². The van der Waals surface area contributed by atoms with Gasteiger partial charge < -0.3 is 10.4 Å². The highest BCUT2D eigenvalue weighted by molar-refractivity contribution is 5.95. The molecule has 19 heavy (non-hydrogen) atoms. The number of aliphatic carboxylic acids is 1. The van der Waals surface area contributed by atoms with Crippen molar-refractivity contribution in [1.29, 1.82) is 0 Å². The molecule has 0 saturated carbocycles. The third-order valence-corrected chi connectivity index (χ3v) is 2.94. The highest BCUT2D eigenvalue weighted by Gasteiger charge is 2.25. The number of aryl methyl sites for hydroxylation is 1. The molecule has 1 aromatic rings. The van der Waals surface area contributed by atoms with Gasteiger partial charge in [0.15, 0.2) is 0 Å². The Morgan fingerprint density at radius 2 is 1.89 bits per heavy atom. The van der Waals surface area contributed by atoms with Gasteiger partial charge in [0.05, 0.1) is 5.69 Å². The molecule has 1 rings (SSSR count). The molecule has 1 heterocycles. The second-order valence-electron chi connectivity index (χ2n) is 5.27. The number of carbonyl (C=O) groups is 2. The van der Waals surface area contributed by atoms with Crippen LogP contribution in [-0.4, -0.2) is 32.8 Å². The summed E-state index contributed by atoms with van der Waals surface area (Å²) in [5.41, 5.74) is 1.18. The number of carboxylic acid groups (broad SMARTS) is 1. The van der Waals surface area contributed by atoms with E-state index in [1.807, 2.05) is 13.8 Å². The van der Waals surface area contributed by atoms with Crippen LogP contribution in [0.1, 0.15) is 49.8 Å². The maximum atomic E-state index is 12.1. The van der Waals surface area contributed by atoms with Gasteiger partial charge in [-0.2, -0.15) is 5.10 Å². The normalized spacial score (nSPS) is 12.8. The number of amides is 1. The van der Waals surface area contributed by atoms with Crippen molar-refractivity contribution >= 4 is 11.9 Å². The van der Waals surface area contributed by atoms with Gasteiger partial charge in [-0.05, 0) is 17.9 Å². The van der Waals surface area contributed by atoms with Crippen LogP contribution >= 0.6 is 0 Å². The first-order chi connectivity index (χ1) is 8.73. The zero-order chi connectivity index (χ0) is 14.7. The van der Waals surface area contributed by atoms with E-state index in [9.17, 15) is 9.59 Å². The predicted octanol–water partition coefficient (Wildman–Crippen LogP) is 1.38. The highest BCUT2D eigenvalue weighted by atomic mass is 16.4. The Bertz CT molecular complexity index is 477. The van der Waals surface area contributed by atoms with Gasteiger partial charge >= 0.3 is 5.97 Å². The van der Waals surface area contributed by atoms with E-state index in [-0.39, 0.29) is 11.8 Å². The third-order valence-electron chi connectivity index (χ3n) is 2.94. The van der Waals surface area contributed by atoms with Gasteiger partial charge in [0, 0.05) is 7.05 Å². The number of hydrogen-bond donors (Lipinski definition) is 2. The van der Waals surface area contributed by atoms with Crippen molar-refractivity contribution in [1.82, 2.24) is 15.1 Å². The van der Waals surface area contributed by atoms with E-state index >= 15 is 0 Å². The molecule has 0 aliphatic heterocycles. The maximum Gasteiger partial charge on any atom is 0.326 e. The van der Waals surface area contributed by atoms with Crippen molar-refractivity contribution in [3.8, 4) is 0 Å². The third kappa shape index (κ3) is 3.56. The Morgan fingerprint density at radius 1 is 1.32 bits per heavy atom. The molecule has 6 heteroatoms. The minimum Gasteiger partial charge on any atom is -0.480 e. The van der Waals surface area contributed by atoms with Crippen LogP contribution in [-0.2, 0) is 11.8 Å². The highest BCUT2D eigenvalue weighted by Crippen LogP contribution is 2.14. The number of nitrogens with one attached hydrogen (secondary N) is 1. The Hall–Kier alpha value is -1.85. The number of hydrogen-bond acceptors (Lipinski definition) is 3. The smallest absolute Gasteiger partial charge is 0.326 e. The molecule has 0 unspecified atom stereocenters. The zero-order valence-corrected chi connectivity index (χ0v) is 12.0. The minimum absolute atomic E-state index is 0.181. The maximum absolute atomic E-state index is 12.1. The average molecular weight is 267 g/mol. The van der Waals surface area contributed by atoms with E-state index in [4.69, 9.17) is 5.11 Å². The first kappa shape index (κ1) is 15.2. The summed E-state index contributed by atoms with van der Waals surface area (Å²) in [6.07, 6.45) is 0. The molecule has 106 valence electrons. The number of carbonyl (C=O) groups excluding carboxylic acids is 1. The van der Waals surface area contributed by atoms with Gasteiger partial charge in [-0.15, -0.1) is 0 Å². The molecule has 1 aromatic heterocycles. The molecule has 0 fully saturated rings. The molecule has 6 nitrogen and oxygen atoms in total. The van der Waals surface area contributed by atoms with Crippen molar-refractivity contribution < 1.29 is 14.7 Å². The van der Waals surface area contributed by atoms with Crippen LogP contribution in [0.4, 0.5) is 0 Å². The van der Waals surface area contributed by atoms with Crippen molar-refractivity contribution in [2.45, 2.75) is 39.7 Å². The standard InChI is InChI=1S/C13H21N3O3/c1-7(2)9-6-10(16(5)15-9)12(17)14-11(8(3)4)13(18)19/h6-8,11H,1-5H3,(H,14,17)(H,18,19)/t11-/m1/s1. The van der Waals surface area contributed by atoms with Crippen LogP contribution in [0.25, 0.3) is 0 Å². The van der Waals surface area contributed by atoms with Crippen molar-refractivity contribution in [2.24, 2.45) is 13.0 Å². The average Bonchev–Trinajstić information content (AvgIpc) is 2.67. The van der Waals surface area contributed by atoms with Gasteiger partial charge in [0.2, 0.25) is 0 Å². The Balaban J connectivity index is 2.91. The second kappa shape index (κ2) is 5.86. The van der Waals surface area contributed by atoms with E-state index in [1.54, 1.807) is 27.0 Å². The molecule has 0 aliphatic carbocycles. The van der Waals surface area contributed by atoms with Crippen LogP contribution in [0, 0.1) is 5.92 Å². The van der Waals surface area contributed by atoms with Gasteiger partial charge in [-0.1, -0.05) is 27.7 Å². The molecule has 0 radical (unpaired) electrons. The molecule has 0 saturated heterocycles. The summed E-state index contributed by atoms with van der Waals surface area (Å²) in [6.45, 7) is 7.47. The molecule has 0 bridgehead atoms. The SMILES string of the molecule is CC(C)c1cc(C(=O)N[C@@H](C(=O)O)C(C)C)n(C)n1.